The van der Waals surface area contributed by atoms with E-state index in [1.807, 2.05) is 20.8 Å². The molecule has 0 saturated carbocycles. The Balaban J connectivity index is 2.16. The first-order valence-corrected chi connectivity index (χ1v) is 7.62. The number of nitrogens with one attached hydrogen (secondary N) is 2. The number of benzene rings is 2. The lowest BCUT2D eigenvalue weighted by atomic mass is 10.1. The van der Waals surface area contributed by atoms with Gasteiger partial charge in [0, 0.05) is 27.4 Å². The smallest absolute Gasteiger partial charge is 0.255 e. The molecule has 0 aromatic heterocycles. The Morgan fingerprint density at radius 2 is 1.52 bits per heavy atom. The summed E-state index contributed by atoms with van der Waals surface area (Å²) in [7, 11) is 0. The average Bonchev–Trinajstić information content (AvgIpc) is 2.45. The van der Waals surface area contributed by atoms with Gasteiger partial charge in [0.05, 0.1) is 0 Å². The molecule has 0 atom stereocenters. The normalized spacial score (nSPS) is 11.0. The van der Waals surface area contributed by atoms with Crippen LogP contribution in [0.25, 0.3) is 0 Å². The zero-order valence-electron chi connectivity index (χ0n) is 13.3. The number of halogens is 1. The van der Waals surface area contributed by atoms with E-state index in [-0.39, 0.29) is 17.4 Å². The van der Waals surface area contributed by atoms with Gasteiger partial charge in [0.1, 0.15) is 0 Å². The molecule has 2 aromatic rings. The third-order valence-corrected chi connectivity index (χ3v) is 3.19. The van der Waals surface area contributed by atoms with Crippen LogP contribution in [-0.2, 0) is 0 Å². The summed E-state index contributed by atoms with van der Waals surface area (Å²) in [6.07, 6.45) is 0. The van der Waals surface area contributed by atoms with Crippen molar-refractivity contribution >= 4 is 29.1 Å². The Labute approximate surface area is 140 Å². The second-order valence-electron chi connectivity index (χ2n) is 6.25. The van der Waals surface area contributed by atoms with E-state index < -0.39 is 0 Å². The minimum atomic E-state index is -0.337. The summed E-state index contributed by atoms with van der Waals surface area (Å²) in [5.74, 6) is -0.507. The van der Waals surface area contributed by atoms with Crippen molar-refractivity contribution < 1.29 is 9.59 Å². The first-order chi connectivity index (χ1) is 10.7. The molecule has 2 rings (SSSR count). The van der Waals surface area contributed by atoms with Crippen LogP contribution in [0.3, 0.4) is 0 Å². The number of anilines is 1. The molecule has 0 aliphatic carbocycles. The van der Waals surface area contributed by atoms with E-state index in [4.69, 9.17) is 11.6 Å². The lowest BCUT2D eigenvalue weighted by molar-refractivity contribution is 0.0919. The highest BCUT2D eigenvalue weighted by Crippen LogP contribution is 2.16. The van der Waals surface area contributed by atoms with Gasteiger partial charge in [-0.1, -0.05) is 23.7 Å². The SMILES string of the molecule is CC(C)(C)NC(=O)c1cccc(C(=O)Nc2cccc(Cl)c2)c1. The summed E-state index contributed by atoms with van der Waals surface area (Å²) in [6, 6.07) is 13.5. The average molecular weight is 331 g/mol. The number of rotatable bonds is 3. The molecule has 5 heteroatoms. The summed E-state index contributed by atoms with van der Waals surface area (Å²) in [6.45, 7) is 5.71. The lowest BCUT2D eigenvalue weighted by Crippen LogP contribution is -2.40. The van der Waals surface area contributed by atoms with Gasteiger partial charge in [-0.25, -0.2) is 0 Å². The number of hydrogen-bond donors (Lipinski definition) is 2. The quantitative estimate of drug-likeness (QED) is 0.889. The van der Waals surface area contributed by atoms with Gasteiger partial charge >= 0.3 is 0 Å². The summed E-state index contributed by atoms with van der Waals surface area (Å²) in [4.78, 5) is 24.5. The Morgan fingerprint density at radius 3 is 2.13 bits per heavy atom. The molecular weight excluding hydrogens is 312 g/mol. The number of amides is 2. The molecule has 2 N–H and O–H groups in total. The molecule has 0 fully saturated rings. The van der Waals surface area contributed by atoms with Crippen molar-refractivity contribution in [1.82, 2.24) is 5.32 Å². The van der Waals surface area contributed by atoms with Gasteiger partial charge in [-0.3, -0.25) is 9.59 Å². The third kappa shape index (κ3) is 5.11. The lowest BCUT2D eigenvalue weighted by Gasteiger charge is -2.20. The van der Waals surface area contributed by atoms with E-state index >= 15 is 0 Å². The first-order valence-electron chi connectivity index (χ1n) is 7.24. The maximum absolute atomic E-state index is 12.3. The topological polar surface area (TPSA) is 58.2 Å². The van der Waals surface area contributed by atoms with Crippen LogP contribution in [0.1, 0.15) is 41.5 Å². The van der Waals surface area contributed by atoms with Crippen LogP contribution in [0, 0.1) is 0 Å². The molecule has 4 nitrogen and oxygen atoms in total. The van der Waals surface area contributed by atoms with Crippen molar-refractivity contribution in [1.29, 1.82) is 0 Å². The fourth-order valence-corrected chi connectivity index (χ4v) is 2.17. The van der Waals surface area contributed by atoms with Crippen molar-refractivity contribution in [2.24, 2.45) is 0 Å². The van der Waals surface area contributed by atoms with Crippen LogP contribution in [0.15, 0.2) is 48.5 Å². The van der Waals surface area contributed by atoms with E-state index in [0.29, 0.717) is 21.8 Å². The summed E-state index contributed by atoms with van der Waals surface area (Å²) < 4.78 is 0. The van der Waals surface area contributed by atoms with Crippen molar-refractivity contribution in [2.75, 3.05) is 5.32 Å². The Bertz CT molecular complexity index is 736. The van der Waals surface area contributed by atoms with Crippen LogP contribution < -0.4 is 10.6 Å². The summed E-state index contributed by atoms with van der Waals surface area (Å²) >= 11 is 5.90. The molecule has 0 bridgehead atoms. The largest absolute Gasteiger partial charge is 0.347 e. The van der Waals surface area contributed by atoms with Crippen molar-refractivity contribution in [2.45, 2.75) is 26.3 Å². The Morgan fingerprint density at radius 1 is 0.913 bits per heavy atom. The molecule has 0 saturated heterocycles. The second kappa shape index (κ2) is 6.84. The Hall–Kier alpha value is -2.33. The van der Waals surface area contributed by atoms with Crippen LogP contribution in [0.4, 0.5) is 5.69 Å². The molecule has 2 aromatic carbocycles. The molecule has 0 heterocycles. The molecule has 0 spiro atoms. The zero-order chi connectivity index (χ0) is 17.0. The molecule has 0 aliphatic rings. The fourth-order valence-electron chi connectivity index (χ4n) is 1.98. The predicted molar refractivity (Wildman–Crippen MR) is 93.1 cm³/mol. The van der Waals surface area contributed by atoms with Gasteiger partial charge < -0.3 is 10.6 Å². The molecular formula is C18H19ClN2O2. The van der Waals surface area contributed by atoms with E-state index in [2.05, 4.69) is 10.6 Å². The second-order valence-corrected chi connectivity index (χ2v) is 6.69. The van der Waals surface area contributed by atoms with E-state index in [9.17, 15) is 9.59 Å². The van der Waals surface area contributed by atoms with Gasteiger partial charge in [0.25, 0.3) is 11.8 Å². The predicted octanol–water partition coefficient (Wildman–Crippen LogP) is 4.12. The highest BCUT2D eigenvalue weighted by molar-refractivity contribution is 6.31. The minimum Gasteiger partial charge on any atom is -0.347 e. The van der Waals surface area contributed by atoms with Gasteiger partial charge in [-0.2, -0.15) is 0 Å². The van der Waals surface area contributed by atoms with Crippen LogP contribution in [0.2, 0.25) is 5.02 Å². The monoisotopic (exact) mass is 330 g/mol. The number of carbonyl (C=O) groups is 2. The number of hydrogen-bond acceptors (Lipinski definition) is 2. The van der Waals surface area contributed by atoms with Gasteiger partial charge in [-0.05, 0) is 57.2 Å². The molecule has 0 unspecified atom stereocenters. The molecule has 120 valence electrons. The third-order valence-electron chi connectivity index (χ3n) is 2.96. The summed E-state index contributed by atoms with van der Waals surface area (Å²) in [5.41, 5.74) is 1.12. The van der Waals surface area contributed by atoms with Crippen molar-refractivity contribution in [3.8, 4) is 0 Å². The fraction of sp³-hybridized carbons (Fsp3) is 0.222. The highest BCUT2D eigenvalue weighted by Gasteiger charge is 2.16. The molecule has 0 radical (unpaired) electrons. The maximum Gasteiger partial charge on any atom is 0.255 e. The standard InChI is InChI=1S/C18H19ClN2O2/c1-18(2,3)21-17(23)13-7-4-6-12(10-13)16(22)20-15-9-5-8-14(19)11-15/h4-11H,1-3H3,(H,20,22)(H,21,23). The molecule has 0 aliphatic heterocycles. The zero-order valence-corrected chi connectivity index (χ0v) is 14.1. The van der Waals surface area contributed by atoms with E-state index in [1.54, 1.807) is 48.5 Å². The van der Waals surface area contributed by atoms with E-state index in [1.165, 1.54) is 0 Å². The number of carbonyl (C=O) groups excluding carboxylic acids is 2. The van der Waals surface area contributed by atoms with Crippen LogP contribution in [-0.4, -0.2) is 17.4 Å². The van der Waals surface area contributed by atoms with Crippen LogP contribution >= 0.6 is 11.6 Å². The van der Waals surface area contributed by atoms with Gasteiger partial charge in [-0.15, -0.1) is 0 Å². The highest BCUT2D eigenvalue weighted by atomic mass is 35.5. The molecule has 23 heavy (non-hydrogen) atoms. The van der Waals surface area contributed by atoms with Crippen molar-refractivity contribution in [3.05, 3.63) is 64.7 Å². The van der Waals surface area contributed by atoms with Crippen molar-refractivity contribution in [3.63, 3.8) is 0 Å². The van der Waals surface area contributed by atoms with Gasteiger partial charge in [0.15, 0.2) is 0 Å². The maximum atomic E-state index is 12.3. The first kappa shape index (κ1) is 17.0. The molecule has 2 amide bonds. The summed E-state index contributed by atoms with van der Waals surface area (Å²) in [5, 5.41) is 6.17. The Kier molecular flexibility index (Phi) is 5.06. The minimum absolute atomic E-state index is 0.213. The van der Waals surface area contributed by atoms with Gasteiger partial charge in [0.2, 0.25) is 0 Å². The van der Waals surface area contributed by atoms with E-state index in [0.717, 1.165) is 0 Å². The van der Waals surface area contributed by atoms with Crippen LogP contribution in [0.5, 0.6) is 0 Å².